The summed E-state index contributed by atoms with van der Waals surface area (Å²) in [6, 6.07) is 0. The number of hydrogen-bond donors (Lipinski definition) is 1. The minimum absolute atomic E-state index is 0.0830. The molecule has 0 spiro atoms. The van der Waals surface area contributed by atoms with Crippen molar-refractivity contribution >= 4 is 27.6 Å². The topological polar surface area (TPSA) is 76.5 Å². The maximum absolute atomic E-state index is 12.1. The molecule has 0 unspecified atom stereocenters. The zero-order valence-corrected chi connectivity index (χ0v) is 14.5. The van der Waals surface area contributed by atoms with E-state index in [0.29, 0.717) is 16.7 Å². The Labute approximate surface area is 132 Å². The van der Waals surface area contributed by atoms with Gasteiger partial charge in [0.15, 0.2) is 0 Å². The van der Waals surface area contributed by atoms with Gasteiger partial charge in [-0.2, -0.15) is 5.10 Å². The first-order valence-electron chi connectivity index (χ1n) is 6.43. The standard InChI is InChI=1S/C13H21BrN4O3/c1-13(2,17(3)4)8-15-9-6-16-18(7-10(19)21-5)12(20)11(9)14/h6,15H,7-8H2,1-5H3. The van der Waals surface area contributed by atoms with Crippen molar-refractivity contribution in [2.75, 3.05) is 33.1 Å². The summed E-state index contributed by atoms with van der Waals surface area (Å²) in [5, 5.41) is 7.16. The van der Waals surface area contributed by atoms with Crippen LogP contribution in [0.25, 0.3) is 0 Å². The molecule has 0 bridgehead atoms. The Balaban J connectivity index is 2.90. The highest BCUT2D eigenvalue weighted by Gasteiger charge is 2.21. The number of esters is 1. The average molecular weight is 361 g/mol. The Hall–Kier alpha value is -1.41. The van der Waals surface area contributed by atoms with Crippen LogP contribution in [0, 0.1) is 0 Å². The molecule has 0 aliphatic carbocycles. The number of carbonyl (C=O) groups excluding carboxylic acids is 1. The molecule has 0 fully saturated rings. The Kier molecular flexibility index (Phi) is 5.91. The molecule has 118 valence electrons. The molecule has 1 aromatic heterocycles. The summed E-state index contributed by atoms with van der Waals surface area (Å²) in [5.41, 5.74) is 0.129. The zero-order valence-electron chi connectivity index (χ0n) is 12.9. The first-order valence-corrected chi connectivity index (χ1v) is 7.22. The Morgan fingerprint density at radius 2 is 2.14 bits per heavy atom. The largest absolute Gasteiger partial charge is 0.468 e. The third-order valence-corrected chi connectivity index (χ3v) is 4.18. The minimum Gasteiger partial charge on any atom is -0.468 e. The second kappa shape index (κ2) is 7.04. The molecule has 0 aliphatic heterocycles. The molecule has 0 aromatic carbocycles. The number of aromatic nitrogens is 2. The average Bonchev–Trinajstić information content (AvgIpc) is 2.42. The van der Waals surface area contributed by atoms with Gasteiger partial charge < -0.3 is 15.0 Å². The van der Waals surface area contributed by atoms with Crippen LogP contribution >= 0.6 is 15.9 Å². The number of nitrogens with one attached hydrogen (secondary N) is 1. The van der Waals surface area contributed by atoms with Crippen molar-refractivity contribution in [2.45, 2.75) is 25.9 Å². The highest BCUT2D eigenvalue weighted by molar-refractivity contribution is 9.10. The lowest BCUT2D eigenvalue weighted by molar-refractivity contribution is -0.141. The summed E-state index contributed by atoms with van der Waals surface area (Å²) in [7, 11) is 5.24. The molecule has 7 nitrogen and oxygen atoms in total. The predicted octanol–water partition coefficient (Wildman–Crippen LogP) is 0.931. The van der Waals surface area contributed by atoms with E-state index in [2.05, 4.69) is 49.8 Å². The summed E-state index contributed by atoms with van der Waals surface area (Å²) in [4.78, 5) is 25.4. The van der Waals surface area contributed by atoms with Gasteiger partial charge in [-0.15, -0.1) is 0 Å². The maximum atomic E-state index is 12.1. The molecule has 0 amide bonds. The molecule has 1 rings (SSSR count). The lowest BCUT2D eigenvalue weighted by Crippen LogP contribution is -2.44. The summed E-state index contributed by atoms with van der Waals surface area (Å²) in [6.07, 6.45) is 1.51. The van der Waals surface area contributed by atoms with Crippen molar-refractivity contribution in [1.82, 2.24) is 14.7 Å². The van der Waals surface area contributed by atoms with E-state index < -0.39 is 5.97 Å². The van der Waals surface area contributed by atoms with Gasteiger partial charge in [0.2, 0.25) is 0 Å². The van der Waals surface area contributed by atoms with E-state index >= 15 is 0 Å². The zero-order chi connectivity index (χ0) is 16.2. The highest BCUT2D eigenvalue weighted by atomic mass is 79.9. The van der Waals surface area contributed by atoms with Gasteiger partial charge in [-0.25, -0.2) is 4.68 Å². The van der Waals surface area contributed by atoms with E-state index in [9.17, 15) is 9.59 Å². The monoisotopic (exact) mass is 360 g/mol. The lowest BCUT2D eigenvalue weighted by Gasteiger charge is -2.33. The number of hydrogen-bond acceptors (Lipinski definition) is 6. The predicted molar refractivity (Wildman–Crippen MR) is 84.5 cm³/mol. The molecule has 0 radical (unpaired) electrons. The van der Waals surface area contributed by atoms with Crippen LogP contribution in [0.1, 0.15) is 13.8 Å². The van der Waals surface area contributed by atoms with Crippen LogP contribution < -0.4 is 10.9 Å². The van der Waals surface area contributed by atoms with Crippen molar-refractivity contribution in [3.05, 3.63) is 21.0 Å². The van der Waals surface area contributed by atoms with Crippen molar-refractivity contribution in [1.29, 1.82) is 0 Å². The number of rotatable bonds is 6. The lowest BCUT2D eigenvalue weighted by atomic mass is 10.0. The molecule has 0 atom stereocenters. The summed E-state index contributed by atoms with van der Waals surface area (Å²) in [5.74, 6) is -0.522. The molecule has 0 aliphatic rings. The van der Waals surface area contributed by atoms with Gasteiger partial charge in [0.1, 0.15) is 11.0 Å². The number of halogens is 1. The van der Waals surface area contributed by atoms with Crippen LogP contribution in [-0.4, -0.2) is 53.9 Å². The van der Waals surface area contributed by atoms with E-state index in [4.69, 9.17) is 0 Å². The molecule has 1 aromatic rings. The van der Waals surface area contributed by atoms with Crippen LogP contribution in [-0.2, 0) is 16.1 Å². The second-order valence-corrected chi connectivity index (χ2v) is 6.26. The fourth-order valence-corrected chi connectivity index (χ4v) is 1.80. The number of carbonyl (C=O) groups is 1. The molecule has 8 heteroatoms. The van der Waals surface area contributed by atoms with E-state index in [0.717, 1.165) is 4.68 Å². The maximum Gasteiger partial charge on any atom is 0.327 e. The fraction of sp³-hybridized carbons (Fsp3) is 0.615. The van der Waals surface area contributed by atoms with Gasteiger partial charge in [0.05, 0.1) is 19.0 Å². The Morgan fingerprint density at radius 1 is 1.52 bits per heavy atom. The highest BCUT2D eigenvalue weighted by Crippen LogP contribution is 2.18. The second-order valence-electron chi connectivity index (χ2n) is 5.47. The smallest absolute Gasteiger partial charge is 0.327 e. The summed E-state index contributed by atoms with van der Waals surface area (Å²) in [6.45, 7) is 4.60. The third-order valence-electron chi connectivity index (χ3n) is 3.41. The van der Waals surface area contributed by atoms with Crippen LogP contribution in [0.2, 0.25) is 0 Å². The van der Waals surface area contributed by atoms with Crippen molar-refractivity contribution in [3.8, 4) is 0 Å². The van der Waals surface area contributed by atoms with Crippen LogP contribution in [0.5, 0.6) is 0 Å². The van der Waals surface area contributed by atoms with Gasteiger partial charge in [-0.05, 0) is 43.9 Å². The molecular formula is C13H21BrN4O3. The Morgan fingerprint density at radius 3 is 2.67 bits per heavy atom. The summed E-state index contributed by atoms with van der Waals surface area (Å²) < 4.78 is 5.92. The third kappa shape index (κ3) is 4.53. The Bertz CT molecular complexity index is 569. The van der Waals surface area contributed by atoms with Crippen molar-refractivity contribution < 1.29 is 9.53 Å². The molecule has 1 heterocycles. The minimum atomic E-state index is -0.522. The normalized spacial score (nSPS) is 11.6. The van der Waals surface area contributed by atoms with Gasteiger partial charge in [0, 0.05) is 12.1 Å². The number of anilines is 1. The van der Waals surface area contributed by atoms with Crippen molar-refractivity contribution in [2.24, 2.45) is 0 Å². The quantitative estimate of drug-likeness (QED) is 0.760. The molecule has 21 heavy (non-hydrogen) atoms. The van der Waals surface area contributed by atoms with Gasteiger partial charge in [-0.1, -0.05) is 0 Å². The molecular weight excluding hydrogens is 340 g/mol. The fourth-order valence-electron chi connectivity index (χ4n) is 1.36. The van der Waals surface area contributed by atoms with Crippen molar-refractivity contribution in [3.63, 3.8) is 0 Å². The first kappa shape index (κ1) is 17.6. The van der Waals surface area contributed by atoms with E-state index in [1.54, 1.807) is 0 Å². The number of ether oxygens (including phenoxy) is 1. The first-order chi connectivity index (χ1) is 9.69. The number of likely N-dealkylation sites (N-methyl/N-ethyl adjacent to an activating group) is 1. The van der Waals surface area contributed by atoms with Gasteiger partial charge in [0.25, 0.3) is 5.56 Å². The van der Waals surface area contributed by atoms with Gasteiger partial charge in [-0.3, -0.25) is 9.59 Å². The van der Waals surface area contributed by atoms with Crippen LogP contribution in [0.15, 0.2) is 15.5 Å². The van der Waals surface area contributed by atoms with Gasteiger partial charge >= 0.3 is 5.97 Å². The molecule has 0 saturated carbocycles. The van der Waals surface area contributed by atoms with Crippen LogP contribution in [0.3, 0.4) is 0 Å². The molecule has 1 N–H and O–H groups in total. The summed E-state index contributed by atoms with van der Waals surface area (Å²) >= 11 is 3.25. The van der Waals surface area contributed by atoms with E-state index in [1.807, 2.05) is 14.1 Å². The SMILES string of the molecule is COC(=O)Cn1ncc(NCC(C)(C)N(C)C)c(Br)c1=O. The molecule has 0 saturated heterocycles. The van der Waals surface area contributed by atoms with Crippen LogP contribution in [0.4, 0.5) is 5.69 Å². The van der Waals surface area contributed by atoms with E-state index in [-0.39, 0.29) is 17.6 Å². The van der Waals surface area contributed by atoms with E-state index in [1.165, 1.54) is 13.3 Å². The number of methoxy groups -OCH3 is 1. The number of nitrogens with zero attached hydrogens (tertiary/aromatic N) is 3.